The first-order valence-corrected chi connectivity index (χ1v) is 8.71. The number of aromatic nitrogens is 1. The quantitative estimate of drug-likeness (QED) is 0.672. The van der Waals surface area contributed by atoms with Gasteiger partial charge in [-0.2, -0.15) is 0 Å². The Kier molecular flexibility index (Phi) is 7.17. The van der Waals surface area contributed by atoms with E-state index in [0.29, 0.717) is 0 Å². The van der Waals surface area contributed by atoms with Gasteiger partial charge in [0, 0.05) is 25.3 Å². The molecule has 1 aromatic heterocycles. The van der Waals surface area contributed by atoms with Gasteiger partial charge in [0.2, 0.25) is 0 Å². The zero-order valence-corrected chi connectivity index (χ0v) is 13.8. The summed E-state index contributed by atoms with van der Waals surface area (Å²) >= 11 is 0. The van der Waals surface area contributed by atoms with E-state index in [4.69, 9.17) is 0 Å². The Balaban J connectivity index is 1.80. The van der Waals surface area contributed by atoms with Crippen molar-refractivity contribution in [3.05, 3.63) is 29.6 Å². The van der Waals surface area contributed by atoms with Gasteiger partial charge in [-0.25, -0.2) is 0 Å². The molecule has 1 heterocycles. The van der Waals surface area contributed by atoms with Gasteiger partial charge in [-0.05, 0) is 50.4 Å². The third-order valence-corrected chi connectivity index (χ3v) is 4.10. The minimum atomic E-state index is 0.767. The first kappa shape index (κ1) is 16.4. The van der Waals surface area contributed by atoms with Gasteiger partial charge in [0.25, 0.3) is 0 Å². The molecule has 1 saturated carbocycles. The molecule has 1 fully saturated rings. The average Bonchev–Trinajstić information content (AvgIpc) is 3.33. The van der Waals surface area contributed by atoms with Crippen molar-refractivity contribution < 1.29 is 0 Å². The van der Waals surface area contributed by atoms with E-state index in [1.807, 2.05) is 6.20 Å². The number of rotatable bonds is 11. The highest BCUT2D eigenvalue weighted by Gasteiger charge is 2.19. The summed E-state index contributed by atoms with van der Waals surface area (Å²) in [6.07, 6.45) is 9.83. The van der Waals surface area contributed by atoms with E-state index in [1.54, 1.807) is 0 Å². The summed E-state index contributed by atoms with van der Waals surface area (Å²) in [5, 5.41) is 3.54. The van der Waals surface area contributed by atoms with Crippen LogP contribution < -0.4 is 5.32 Å². The first-order valence-electron chi connectivity index (χ1n) is 8.71. The topological polar surface area (TPSA) is 28.2 Å². The molecule has 0 saturated heterocycles. The molecule has 3 heteroatoms. The van der Waals surface area contributed by atoms with Gasteiger partial charge in [-0.1, -0.05) is 32.8 Å². The maximum Gasteiger partial charge on any atom is 0.0544 e. The molecule has 0 spiro atoms. The van der Waals surface area contributed by atoms with Gasteiger partial charge in [-0.15, -0.1) is 0 Å². The third kappa shape index (κ3) is 6.58. The molecule has 0 aromatic carbocycles. The molecule has 0 atom stereocenters. The second-order valence-electron chi connectivity index (χ2n) is 6.30. The Morgan fingerprint density at radius 3 is 2.38 bits per heavy atom. The van der Waals surface area contributed by atoms with Gasteiger partial charge in [-0.3, -0.25) is 9.88 Å². The van der Waals surface area contributed by atoms with Crippen LogP contribution >= 0.6 is 0 Å². The number of pyridine rings is 1. The number of hydrogen-bond acceptors (Lipinski definition) is 3. The van der Waals surface area contributed by atoms with Crippen molar-refractivity contribution in [3.8, 4) is 0 Å². The van der Waals surface area contributed by atoms with Gasteiger partial charge in [0.15, 0.2) is 0 Å². The molecule has 0 bridgehead atoms. The van der Waals surface area contributed by atoms with Crippen LogP contribution in [-0.2, 0) is 13.1 Å². The van der Waals surface area contributed by atoms with Gasteiger partial charge < -0.3 is 5.32 Å². The smallest absolute Gasteiger partial charge is 0.0544 e. The van der Waals surface area contributed by atoms with Gasteiger partial charge in [0.05, 0.1) is 5.69 Å². The van der Waals surface area contributed by atoms with E-state index < -0.39 is 0 Å². The number of unbranched alkanes of at least 4 members (excludes halogenated alkanes) is 2. The summed E-state index contributed by atoms with van der Waals surface area (Å²) in [6, 6.07) is 5.20. The summed E-state index contributed by atoms with van der Waals surface area (Å²) < 4.78 is 0. The Morgan fingerprint density at radius 1 is 1.14 bits per heavy atom. The van der Waals surface area contributed by atoms with E-state index in [1.165, 1.54) is 62.9 Å². The zero-order chi connectivity index (χ0) is 14.9. The Morgan fingerprint density at radius 2 is 1.86 bits per heavy atom. The van der Waals surface area contributed by atoms with Crippen LogP contribution in [0.4, 0.5) is 0 Å². The Bertz CT molecular complexity index is 376. The molecular formula is C18H31N3. The molecule has 0 unspecified atom stereocenters. The van der Waals surface area contributed by atoms with Crippen molar-refractivity contribution in [1.29, 1.82) is 0 Å². The van der Waals surface area contributed by atoms with Crippen molar-refractivity contribution in [2.75, 3.05) is 13.1 Å². The fraction of sp³-hybridized carbons (Fsp3) is 0.722. The zero-order valence-electron chi connectivity index (χ0n) is 13.8. The van der Waals surface area contributed by atoms with Crippen LogP contribution in [0.3, 0.4) is 0 Å². The Hall–Kier alpha value is -0.930. The van der Waals surface area contributed by atoms with Crippen LogP contribution in [0, 0.1) is 0 Å². The summed E-state index contributed by atoms with van der Waals surface area (Å²) in [7, 11) is 0. The van der Waals surface area contributed by atoms with Crippen molar-refractivity contribution >= 4 is 0 Å². The SMILES string of the molecule is CCCCN(CCCC)Cc1ccc(CNC2CC2)cn1. The molecule has 21 heavy (non-hydrogen) atoms. The highest BCUT2D eigenvalue weighted by atomic mass is 15.1. The van der Waals surface area contributed by atoms with E-state index in [2.05, 4.69) is 41.2 Å². The van der Waals surface area contributed by atoms with E-state index in [-0.39, 0.29) is 0 Å². The second kappa shape index (κ2) is 9.16. The summed E-state index contributed by atoms with van der Waals surface area (Å²) in [6.45, 7) is 8.88. The largest absolute Gasteiger partial charge is 0.310 e. The lowest BCUT2D eigenvalue weighted by molar-refractivity contribution is 0.254. The standard InChI is InChI=1S/C18H31N3/c1-3-5-11-21(12-6-4-2)15-18-8-7-16(14-20-18)13-19-17-9-10-17/h7-8,14,17,19H,3-6,9-13,15H2,1-2H3. The highest BCUT2D eigenvalue weighted by Crippen LogP contribution is 2.19. The number of nitrogens with one attached hydrogen (secondary N) is 1. The van der Waals surface area contributed by atoms with E-state index in [0.717, 1.165) is 19.1 Å². The fourth-order valence-corrected chi connectivity index (χ4v) is 2.47. The van der Waals surface area contributed by atoms with Gasteiger partial charge in [0.1, 0.15) is 0 Å². The van der Waals surface area contributed by atoms with Crippen molar-refractivity contribution in [1.82, 2.24) is 15.2 Å². The first-order chi connectivity index (χ1) is 10.3. The minimum absolute atomic E-state index is 0.767. The predicted molar refractivity (Wildman–Crippen MR) is 89.2 cm³/mol. The summed E-state index contributed by atoms with van der Waals surface area (Å²) in [5.74, 6) is 0. The average molecular weight is 289 g/mol. The molecule has 2 rings (SSSR count). The van der Waals surface area contributed by atoms with Crippen LogP contribution in [0.25, 0.3) is 0 Å². The predicted octanol–water partition coefficient (Wildman–Crippen LogP) is 3.74. The second-order valence-corrected chi connectivity index (χ2v) is 6.30. The fourth-order valence-electron chi connectivity index (χ4n) is 2.47. The van der Waals surface area contributed by atoms with Crippen LogP contribution in [-0.4, -0.2) is 29.0 Å². The lowest BCUT2D eigenvalue weighted by atomic mass is 10.2. The number of nitrogens with zero attached hydrogens (tertiary/aromatic N) is 2. The maximum absolute atomic E-state index is 4.65. The molecule has 1 aromatic rings. The lowest BCUT2D eigenvalue weighted by Crippen LogP contribution is -2.26. The van der Waals surface area contributed by atoms with Crippen LogP contribution in [0.1, 0.15) is 63.6 Å². The highest BCUT2D eigenvalue weighted by molar-refractivity contribution is 5.14. The van der Waals surface area contributed by atoms with Crippen molar-refractivity contribution in [3.63, 3.8) is 0 Å². The molecule has 0 amide bonds. The minimum Gasteiger partial charge on any atom is -0.310 e. The summed E-state index contributed by atoms with van der Waals surface area (Å²) in [5.41, 5.74) is 2.51. The molecule has 3 nitrogen and oxygen atoms in total. The lowest BCUT2D eigenvalue weighted by Gasteiger charge is -2.21. The van der Waals surface area contributed by atoms with Crippen LogP contribution in [0.2, 0.25) is 0 Å². The maximum atomic E-state index is 4.65. The molecule has 1 aliphatic rings. The third-order valence-electron chi connectivity index (χ3n) is 4.10. The molecule has 1 N–H and O–H groups in total. The molecule has 0 aliphatic heterocycles. The van der Waals surface area contributed by atoms with Gasteiger partial charge >= 0.3 is 0 Å². The van der Waals surface area contributed by atoms with Crippen molar-refractivity contribution in [2.45, 2.75) is 71.5 Å². The van der Waals surface area contributed by atoms with Crippen LogP contribution in [0.15, 0.2) is 18.3 Å². The van der Waals surface area contributed by atoms with E-state index in [9.17, 15) is 0 Å². The molecule has 0 radical (unpaired) electrons. The normalized spacial score (nSPS) is 14.8. The monoisotopic (exact) mass is 289 g/mol. The molecular weight excluding hydrogens is 258 g/mol. The summed E-state index contributed by atoms with van der Waals surface area (Å²) in [4.78, 5) is 7.20. The number of hydrogen-bond donors (Lipinski definition) is 1. The Labute approximate surface area is 130 Å². The molecule has 1 aliphatic carbocycles. The molecule has 118 valence electrons. The van der Waals surface area contributed by atoms with Crippen molar-refractivity contribution in [2.24, 2.45) is 0 Å². The van der Waals surface area contributed by atoms with Crippen LogP contribution in [0.5, 0.6) is 0 Å². The van der Waals surface area contributed by atoms with E-state index >= 15 is 0 Å².